The third-order valence-electron chi connectivity index (χ3n) is 2.70. The Morgan fingerprint density at radius 1 is 1.28 bits per heavy atom. The van der Waals surface area contributed by atoms with Crippen LogP contribution in [0.4, 0.5) is 5.69 Å². The number of hydrogen-bond donors (Lipinski definition) is 2. The number of nitrogens with one attached hydrogen (secondary N) is 1. The van der Waals surface area contributed by atoms with E-state index in [1.165, 1.54) is 5.56 Å². The summed E-state index contributed by atoms with van der Waals surface area (Å²) in [5.41, 5.74) is 7.89. The topological polar surface area (TPSA) is 50.5 Å². The maximum atomic E-state index is 5.93. The van der Waals surface area contributed by atoms with Gasteiger partial charge in [0, 0.05) is 13.1 Å². The van der Waals surface area contributed by atoms with Gasteiger partial charge in [0.05, 0.1) is 12.3 Å². The second-order valence-electron chi connectivity index (χ2n) is 4.61. The molecule has 4 nitrogen and oxygen atoms in total. The van der Waals surface area contributed by atoms with E-state index >= 15 is 0 Å². The van der Waals surface area contributed by atoms with Crippen LogP contribution in [-0.4, -0.2) is 45.2 Å². The van der Waals surface area contributed by atoms with Gasteiger partial charge in [-0.05, 0) is 51.7 Å². The number of benzene rings is 1. The number of likely N-dealkylation sites (N-methyl/N-ethyl adjacent to an activating group) is 1. The fourth-order valence-corrected chi connectivity index (χ4v) is 1.70. The molecule has 0 spiro atoms. The van der Waals surface area contributed by atoms with Crippen LogP contribution in [0.15, 0.2) is 18.2 Å². The standard InChI is InChI=1S/C14H25N3O/c1-4-18-14-6-5-12(11-13(14)15)7-8-16-9-10-17(2)3/h5-6,11,16H,4,7-10,15H2,1-3H3. The van der Waals surface area contributed by atoms with E-state index in [4.69, 9.17) is 10.5 Å². The van der Waals surface area contributed by atoms with Crippen LogP contribution in [0.2, 0.25) is 0 Å². The van der Waals surface area contributed by atoms with Gasteiger partial charge in [-0.25, -0.2) is 0 Å². The molecule has 0 aliphatic carbocycles. The highest BCUT2D eigenvalue weighted by Crippen LogP contribution is 2.22. The molecule has 1 rings (SSSR count). The molecule has 4 heteroatoms. The van der Waals surface area contributed by atoms with Gasteiger partial charge < -0.3 is 20.7 Å². The molecule has 102 valence electrons. The summed E-state index contributed by atoms with van der Waals surface area (Å²) in [4.78, 5) is 2.17. The zero-order valence-corrected chi connectivity index (χ0v) is 11.7. The molecule has 0 aliphatic heterocycles. The highest BCUT2D eigenvalue weighted by atomic mass is 16.5. The SMILES string of the molecule is CCOc1ccc(CCNCCN(C)C)cc1N. The lowest BCUT2D eigenvalue weighted by Crippen LogP contribution is -2.27. The van der Waals surface area contributed by atoms with Gasteiger partial charge in [0.25, 0.3) is 0 Å². The van der Waals surface area contributed by atoms with Crippen LogP contribution in [0.25, 0.3) is 0 Å². The molecule has 0 saturated carbocycles. The van der Waals surface area contributed by atoms with E-state index < -0.39 is 0 Å². The van der Waals surface area contributed by atoms with E-state index in [9.17, 15) is 0 Å². The van der Waals surface area contributed by atoms with Gasteiger partial charge >= 0.3 is 0 Å². The van der Waals surface area contributed by atoms with Crippen LogP contribution in [0, 0.1) is 0 Å². The van der Waals surface area contributed by atoms with Crippen LogP contribution in [0.3, 0.4) is 0 Å². The Bertz CT molecular complexity index is 353. The summed E-state index contributed by atoms with van der Waals surface area (Å²) in [5, 5.41) is 3.41. The first-order valence-electron chi connectivity index (χ1n) is 6.50. The van der Waals surface area contributed by atoms with E-state index in [2.05, 4.69) is 30.4 Å². The largest absolute Gasteiger partial charge is 0.492 e. The van der Waals surface area contributed by atoms with Gasteiger partial charge in [-0.2, -0.15) is 0 Å². The van der Waals surface area contributed by atoms with Crippen molar-refractivity contribution in [3.8, 4) is 5.75 Å². The smallest absolute Gasteiger partial charge is 0.142 e. The van der Waals surface area contributed by atoms with Crippen molar-refractivity contribution in [2.24, 2.45) is 0 Å². The Balaban J connectivity index is 2.32. The molecule has 3 N–H and O–H groups in total. The maximum Gasteiger partial charge on any atom is 0.142 e. The Morgan fingerprint density at radius 3 is 2.67 bits per heavy atom. The van der Waals surface area contributed by atoms with E-state index in [-0.39, 0.29) is 0 Å². The number of hydrogen-bond acceptors (Lipinski definition) is 4. The lowest BCUT2D eigenvalue weighted by atomic mass is 10.1. The van der Waals surface area contributed by atoms with Gasteiger partial charge in [-0.15, -0.1) is 0 Å². The molecule has 18 heavy (non-hydrogen) atoms. The van der Waals surface area contributed by atoms with E-state index in [1.54, 1.807) is 0 Å². The molecule has 0 amide bonds. The highest BCUT2D eigenvalue weighted by molar-refractivity contribution is 5.54. The lowest BCUT2D eigenvalue weighted by molar-refractivity contribution is 0.342. The van der Waals surface area contributed by atoms with Crippen LogP contribution in [-0.2, 0) is 6.42 Å². The lowest BCUT2D eigenvalue weighted by Gasteiger charge is -2.11. The molecule has 0 heterocycles. The van der Waals surface area contributed by atoms with Crippen molar-refractivity contribution in [1.82, 2.24) is 10.2 Å². The van der Waals surface area contributed by atoms with Gasteiger partial charge in [0.15, 0.2) is 0 Å². The molecule has 0 fully saturated rings. The molecule has 0 atom stereocenters. The first-order valence-corrected chi connectivity index (χ1v) is 6.50. The van der Waals surface area contributed by atoms with Crippen LogP contribution in [0.5, 0.6) is 5.75 Å². The monoisotopic (exact) mass is 251 g/mol. The van der Waals surface area contributed by atoms with Gasteiger partial charge in [0.1, 0.15) is 5.75 Å². The average Bonchev–Trinajstić information content (AvgIpc) is 2.32. The summed E-state index contributed by atoms with van der Waals surface area (Å²) in [7, 11) is 4.16. The van der Waals surface area contributed by atoms with Crippen LogP contribution >= 0.6 is 0 Å². The summed E-state index contributed by atoms with van der Waals surface area (Å²) >= 11 is 0. The van der Waals surface area contributed by atoms with E-state index in [0.717, 1.165) is 37.5 Å². The van der Waals surface area contributed by atoms with E-state index in [0.29, 0.717) is 6.61 Å². The minimum absolute atomic E-state index is 0.648. The second kappa shape index (κ2) is 7.95. The zero-order chi connectivity index (χ0) is 13.4. The second-order valence-corrected chi connectivity index (χ2v) is 4.61. The number of rotatable bonds is 8. The third kappa shape index (κ3) is 5.38. The molecule has 1 aromatic rings. The first kappa shape index (κ1) is 14.8. The highest BCUT2D eigenvalue weighted by Gasteiger charge is 2.01. The quantitative estimate of drug-likeness (QED) is 0.541. The summed E-state index contributed by atoms with van der Waals surface area (Å²) in [5.74, 6) is 0.779. The molecule has 0 aliphatic rings. The average molecular weight is 251 g/mol. The van der Waals surface area contributed by atoms with Crippen molar-refractivity contribution in [3.63, 3.8) is 0 Å². The van der Waals surface area contributed by atoms with Crippen molar-refractivity contribution in [3.05, 3.63) is 23.8 Å². The number of nitrogen functional groups attached to an aromatic ring is 1. The Labute approximate surface area is 110 Å². The maximum absolute atomic E-state index is 5.93. The van der Waals surface area contributed by atoms with Crippen molar-refractivity contribution >= 4 is 5.69 Å². The van der Waals surface area contributed by atoms with Crippen LogP contribution < -0.4 is 15.8 Å². The van der Waals surface area contributed by atoms with Gasteiger partial charge in [0.2, 0.25) is 0 Å². The summed E-state index contributed by atoms with van der Waals surface area (Å²) in [6.45, 7) is 5.66. The molecule has 0 unspecified atom stereocenters. The van der Waals surface area contributed by atoms with Crippen molar-refractivity contribution in [2.75, 3.05) is 46.1 Å². The summed E-state index contributed by atoms with van der Waals surface area (Å²) in [6.07, 6.45) is 0.990. The Hall–Kier alpha value is -1.26. The fourth-order valence-electron chi connectivity index (χ4n) is 1.70. The number of nitrogens with zero attached hydrogens (tertiary/aromatic N) is 1. The van der Waals surface area contributed by atoms with Crippen molar-refractivity contribution in [1.29, 1.82) is 0 Å². The predicted molar refractivity (Wildman–Crippen MR) is 77.2 cm³/mol. The molecular formula is C14H25N3O. The summed E-state index contributed by atoms with van der Waals surface area (Å²) in [6, 6.07) is 6.03. The van der Waals surface area contributed by atoms with Crippen LogP contribution in [0.1, 0.15) is 12.5 Å². The zero-order valence-electron chi connectivity index (χ0n) is 11.7. The Morgan fingerprint density at radius 2 is 2.06 bits per heavy atom. The van der Waals surface area contributed by atoms with Crippen molar-refractivity contribution < 1.29 is 4.74 Å². The third-order valence-corrected chi connectivity index (χ3v) is 2.70. The summed E-state index contributed by atoms with van der Waals surface area (Å²) < 4.78 is 5.41. The molecular weight excluding hydrogens is 226 g/mol. The number of anilines is 1. The predicted octanol–water partition coefficient (Wildman–Crippen LogP) is 1.36. The molecule has 1 aromatic carbocycles. The van der Waals surface area contributed by atoms with E-state index in [1.807, 2.05) is 19.1 Å². The van der Waals surface area contributed by atoms with Gasteiger partial charge in [-0.1, -0.05) is 6.07 Å². The number of ether oxygens (including phenoxy) is 1. The molecule has 0 saturated heterocycles. The molecule has 0 bridgehead atoms. The minimum atomic E-state index is 0.648. The van der Waals surface area contributed by atoms with Crippen molar-refractivity contribution in [2.45, 2.75) is 13.3 Å². The number of nitrogens with two attached hydrogens (primary N) is 1. The Kier molecular flexibility index (Phi) is 6.54. The normalized spacial score (nSPS) is 10.9. The minimum Gasteiger partial charge on any atom is -0.492 e. The fraction of sp³-hybridized carbons (Fsp3) is 0.571. The molecule has 0 radical (unpaired) electrons. The first-order chi connectivity index (χ1) is 8.63. The van der Waals surface area contributed by atoms with Gasteiger partial charge in [-0.3, -0.25) is 0 Å². The molecule has 0 aromatic heterocycles.